The summed E-state index contributed by atoms with van der Waals surface area (Å²) in [6.07, 6.45) is 5.51. The van der Waals surface area contributed by atoms with Crippen LogP contribution < -0.4 is 5.32 Å². The molecule has 0 saturated carbocycles. The first kappa shape index (κ1) is 17.0. The largest absolute Gasteiger partial charge is 0.336 e. The van der Waals surface area contributed by atoms with Gasteiger partial charge in [0, 0.05) is 31.2 Å². The minimum Gasteiger partial charge on any atom is -0.336 e. The normalized spacial score (nSPS) is 15.5. The number of hydrogen-bond donors (Lipinski definition) is 1. The third-order valence-electron chi connectivity index (χ3n) is 4.74. The van der Waals surface area contributed by atoms with Gasteiger partial charge in [-0.1, -0.05) is 18.2 Å². The van der Waals surface area contributed by atoms with Crippen molar-refractivity contribution in [2.75, 3.05) is 46.8 Å². The smallest absolute Gasteiger partial charge is 0.326 e. The van der Waals surface area contributed by atoms with Crippen molar-refractivity contribution in [3.8, 4) is 0 Å². The average Bonchev–Trinajstić information content (AvgIpc) is 3.20. The van der Waals surface area contributed by atoms with E-state index < -0.39 is 0 Å². The number of nitrogens with one attached hydrogen (secondary N) is 1. The molecule has 1 saturated heterocycles. The van der Waals surface area contributed by atoms with Gasteiger partial charge in [0.1, 0.15) is 0 Å². The Hall–Kier alpha value is -1.85. The number of amides is 1. The Labute approximate surface area is 144 Å². The standard InChI is InChI=1S/C19H28N4O/c1-21(2)13-9-16-15-23(18-8-4-3-7-17(16)18)19(24)20-10-14-22-11-5-6-12-22/h3-4,7-8,15H,5-6,9-14H2,1-2H3,(H,20,24). The number of para-hydroxylation sites is 1. The number of carbonyl (C=O) groups is 1. The van der Waals surface area contributed by atoms with E-state index in [0.29, 0.717) is 6.54 Å². The zero-order valence-corrected chi connectivity index (χ0v) is 14.8. The Morgan fingerprint density at radius 3 is 2.71 bits per heavy atom. The van der Waals surface area contributed by atoms with Crippen LogP contribution in [0.1, 0.15) is 18.4 Å². The summed E-state index contributed by atoms with van der Waals surface area (Å²) in [4.78, 5) is 17.2. The van der Waals surface area contributed by atoms with Crippen LogP contribution in [-0.4, -0.2) is 67.2 Å². The number of rotatable bonds is 6. The summed E-state index contributed by atoms with van der Waals surface area (Å²) in [5, 5.41) is 4.24. The highest BCUT2D eigenvalue weighted by atomic mass is 16.2. The van der Waals surface area contributed by atoms with Crippen LogP contribution in [0.15, 0.2) is 30.5 Å². The Bertz CT molecular complexity index is 686. The van der Waals surface area contributed by atoms with Gasteiger partial charge < -0.3 is 15.1 Å². The number of fused-ring (bicyclic) bond motifs is 1. The fraction of sp³-hybridized carbons (Fsp3) is 0.526. The molecule has 0 atom stereocenters. The molecule has 1 fully saturated rings. The maximum Gasteiger partial charge on any atom is 0.326 e. The van der Waals surface area contributed by atoms with Crippen molar-refractivity contribution in [2.45, 2.75) is 19.3 Å². The maximum absolute atomic E-state index is 12.6. The molecule has 24 heavy (non-hydrogen) atoms. The molecule has 1 aliphatic heterocycles. The Morgan fingerprint density at radius 1 is 1.21 bits per heavy atom. The summed E-state index contributed by atoms with van der Waals surface area (Å²) in [7, 11) is 4.15. The first-order valence-electron chi connectivity index (χ1n) is 8.89. The molecule has 0 bridgehead atoms. The van der Waals surface area contributed by atoms with Crippen LogP contribution in [0.5, 0.6) is 0 Å². The first-order valence-corrected chi connectivity index (χ1v) is 8.89. The van der Waals surface area contributed by atoms with Gasteiger partial charge in [0.25, 0.3) is 0 Å². The monoisotopic (exact) mass is 328 g/mol. The second-order valence-corrected chi connectivity index (χ2v) is 6.88. The minimum atomic E-state index is -0.0264. The van der Waals surface area contributed by atoms with Crippen LogP contribution >= 0.6 is 0 Å². The lowest BCUT2D eigenvalue weighted by molar-refractivity contribution is 0.240. The molecule has 2 aromatic rings. The van der Waals surface area contributed by atoms with Crippen molar-refractivity contribution in [1.29, 1.82) is 0 Å². The molecule has 1 aromatic heterocycles. The fourth-order valence-electron chi connectivity index (χ4n) is 3.37. The van der Waals surface area contributed by atoms with Crippen LogP contribution in [0, 0.1) is 0 Å². The molecule has 1 aromatic carbocycles. The molecule has 1 amide bonds. The molecule has 0 aliphatic carbocycles. The zero-order valence-electron chi connectivity index (χ0n) is 14.8. The fourth-order valence-corrected chi connectivity index (χ4v) is 3.37. The first-order chi connectivity index (χ1) is 11.6. The SMILES string of the molecule is CN(C)CCc1cn(C(=O)NCCN2CCCC2)c2ccccc12. The van der Waals surface area contributed by atoms with E-state index in [4.69, 9.17) is 0 Å². The second kappa shape index (κ2) is 7.81. The van der Waals surface area contributed by atoms with E-state index in [0.717, 1.165) is 38.1 Å². The van der Waals surface area contributed by atoms with Crippen molar-refractivity contribution in [3.63, 3.8) is 0 Å². The number of likely N-dealkylation sites (N-methyl/N-ethyl adjacent to an activating group) is 1. The lowest BCUT2D eigenvalue weighted by Gasteiger charge is -2.15. The van der Waals surface area contributed by atoms with Gasteiger partial charge >= 0.3 is 6.03 Å². The number of aromatic nitrogens is 1. The third kappa shape index (κ3) is 3.97. The van der Waals surface area contributed by atoms with Crippen molar-refractivity contribution in [1.82, 2.24) is 19.7 Å². The van der Waals surface area contributed by atoms with Crippen LogP contribution in [0.3, 0.4) is 0 Å². The molecule has 2 heterocycles. The molecule has 130 valence electrons. The van der Waals surface area contributed by atoms with Gasteiger partial charge in [-0.05, 0) is 58.1 Å². The van der Waals surface area contributed by atoms with Gasteiger partial charge in [0.05, 0.1) is 5.52 Å². The summed E-state index contributed by atoms with van der Waals surface area (Å²) < 4.78 is 1.77. The van der Waals surface area contributed by atoms with Crippen LogP contribution in [0.2, 0.25) is 0 Å². The van der Waals surface area contributed by atoms with Crippen molar-refractivity contribution in [3.05, 3.63) is 36.0 Å². The molecule has 0 unspecified atom stereocenters. The van der Waals surface area contributed by atoms with Gasteiger partial charge in [-0.25, -0.2) is 4.79 Å². The van der Waals surface area contributed by atoms with Gasteiger partial charge in [0.15, 0.2) is 0 Å². The molecular weight excluding hydrogens is 300 g/mol. The van der Waals surface area contributed by atoms with Crippen molar-refractivity contribution < 1.29 is 4.79 Å². The molecule has 3 rings (SSSR count). The Morgan fingerprint density at radius 2 is 1.96 bits per heavy atom. The predicted octanol–water partition coefficient (Wildman–Crippen LogP) is 2.40. The van der Waals surface area contributed by atoms with E-state index in [9.17, 15) is 4.79 Å². The zero-order chi connectivity index (χ0) is 16.9. The number of hydrogen-bond acceptors (Lipinski definition) is 3. The van der Waals surface area contributed by atoms with E-state index in [1.807, 2.05) is 24.4 Å². The van der Waals surface area contributed by atoms with Crippen LogP contribution in [0.25, 0.3) is 10.9 Å². The topological polar surface area (TPSA) is 40.5 Å². The minimum absolute atomic E-state index is 0.0264. The molecule has 1 N–H and O–H groups in total. The van der Waals surface area contributed by atoms with Gasteiger partial charge in [0.2, 0.25) is 0 Å². The van der Waals surface area contributed by atoms with Crippen LogP contribution in [-0.2, 0) is 6.42 Å². The van der Waals surface area contributed by atoms with E-state index in [1.165, 1.54) is 23.8 Å². The summed E-state index contributed by atoms with van der Waals surface area (Å²) in [5.74, 6) is 0. The number of nitrogens with zero attached hydrogens (tertiary/aromatic N) is 3. The third-order valence-corrected chi connectivity index (χ3v) is 4.74. The molecule has 5 heteroatoms. The highest BCUT2D eigenvalue weighted by Crippen LogP contribution is 2.21. The van der Waals surface area contributed by atoms with E-state index >= 15 is 0 Å². The number of likely N-dealkylation sites (tertiary alicyclic amines) is 1. The predicted molar refractivity (Wildman–Crippen MR) is 98.7 cm³/mol. The van der Waals surface area contributed by atoms with Crippen molar-refractivity contribution >= 4 is 16.9 Å². The molecule has 5 nitrogen and oxygen atoms in total. The molecule has 1 aliphatic rings. The highest BCUT2D eigenvalue weighted by molar-refractivity contribution is 5.93. The summed E-state index contributed by atoms with van der Waals surface area (Å²) >= 11 is 0. The quantitative estimate of drug-likeness (QED) is 0.885. The Kier molecular flexibility index (Phi) is 5.53. The van der Waals surface area contributed by atoms with E-state index in [-0.39, 0.29) is 6.03 Å². The Balaban J connectivity index is 1.69. The van der Waals surface area contributed by atoms with E-state index in [1.54, 1.807) is 4.57 Å². The van der Waals surface area contributed by atoms with Gasteiger partial charge in [-0.3, -0.25) is 4.57 Å². The van der Waals surface area contributed by atoms with Crippen molar-refractivity contribution in [2.24, 2.45) is 0 Å². The molecular formula is C19H28N4O. The summed E-state index contributed by atoms with van der Waals surface area (Å²) in [6, 6.07) is 8.13. The lowest BCUT2D eigenvalue weighted by atomic mass is 10.1. The number of benzene rings is 1. The average molecular weight is 328 g/mol. The number of carbonyl (C=O) groups excluding carboxylic acids is 1. The van der Waals surface area contributed by atoms with Gasteiger partial charge in [-0.15, -0.1) is 0 Å². The van der Waals surface area contributed by atoms with E-state index in [2.05, 4.69) is 35.3 Å². The van der Waals surface area contributed by atoms with Crippen LogP contribution in [0.4, 0.5) is 4.79 Å². The summed E-state index contributed by atoms with van der Waals surface area (Å²) in [5.41, 5.74) is 2.22. The summed E-state index contributed by atoms with van der Waals surface area (Å²) in [6.45, 7) is 4.95. The second-order valence-electron chi connectivity index (χ2n) is 6.88. The molecule has 0 radical (unpaired) electrons. The van der Waals surface area contributed by atoms with Gasteiger partial charge in [-0.2, -0.15) is 0 Å². The molecule has 0 spiro atoms. The maximum atomic E-state index is 12.6. The highest BCUT2D eigenvalue weighted by Gasteiger charge is 2.14. The lowest BCUT2D eigenvalue weighted by Crippen LogP contribution is -2.35.